The second kappa shape index (κ2) is 7.79. The van der Waals surface area contributed by atoms with E-state index < -0.39 is 22.8 Å². The number of thioether (sulfide) groups is 1. The van der Waals surface area contributed by atoms with E-state index in [4.69, 9.17) is 5.11 Å². The van der Waals surface area contributed by atoms with E-state index in [-0.39, 0.29) is 23.6 Å². The molecule has 1 atom stereocenters. The van der Waals surface area contributed by atoms with Crippen molar-refractivity contribution in [2.75, 3.05) is 6.26 Å². The highest BCUT2D eigenvalue weighted by atomic mass is 32.2. The lowest BCUT2D eigenvalue weighted by Gasteiger charge is -2.16. The number of carboxylic acid groups (broad SMARTS) is 1. The monoisotopic (exact) mass is 326 g/mol. The summed E-state index contributed by atoms with van der Waals surface area (Å²) in [6, 6.07) is 3.07. The number of rotatable bonds is 7. The van der Waals surface area contributed by atoms with E-state index in [0.29, 0.717) is 4.90 Å². The topological polar surface area (TPSA) is 110 Å². The van der Waals surface area contributed by atoms with Crippen molar-refractivity contribution in [1.82, 2.24) is 5.32 Å². The molecule has 0 spiro atoms. The number of amides is 1. The number of benzene rings is 1. The number of nitro groups is 1. The lowest BCUT2D eigenvalue weighted by Crippen LogP contribution is -2.41. The maximum atomic E-state index is 12.1. The minimum Gasteiger partial charge on any atom is -0.480 e. The van der Waals surface area contributed by atoms with Crippen molar-refractivity contribution in [3.8, 4) is 0 Å². The summed E-state index contributed by atoms with van der Waals surface area (Å²) in [6.45, 7) is 3.69. The number of carboxylic acids is 1. The lowest BCUT2D eigenvalue weighted by molar-refractivity contribution is -0.387. The van der Waals surface area contributed by atoms with Gasteiger partial charge in [-0.25, -0.2) is 4.79 Å². The van der Waals surface area contributed by atoms with Crippen LogP contribution in [0.4, 0.5) is 5.69 Å². The first-order valence-corrected chi connectivity index (χ1v) is 7.84. The SMILES string of the molecule is CSc1ccc(C(=O)NC(CC(C)C)C(=O)O)cc1[N+](=O)[O-]. The highest BCUT2D eigenvalue weighted by Gasteiger charge is 2.23. The Morgan fingerprint density at radius 3 is 2.50 bits per heavy atom. The van der Waals surface area contributed by atoms with Gasteiger partial charge in [0.15, 0.2) is 0 Å². The normalized spacial score (nSPS) is 12.0. The van der Waals surface area contributed by atoms with Crippen LogP contribution in [0.5, 0.6) is 0 Å². The molecule has 0 bridgehead atoms. The number of hydrogen-bond donors (Lipinski definition) is 2. The number of nitro benzene ring substituents is 1. The Morgan fingerprint density at radius 1 is 1.41 bits per heavy atom. The lowest BCUT2D eigenvalue weighted by atomic mass is 10.0. The molecule has 0 saturated carbocycles. The molecule has 1 rings (SSSR count). The van der Waals surface area contributed by atoms with Crippen LogP contribution in [0.25, 0.3) is 0 Å². The van der Waals surface area contributed by atoms with Gasteiger partial charge in [0.2, 0.25) is 0 Å². The maximum absolute atomic E-state index is 12.1. The molecule has 0 aromatic heterocycles. The van der Waals surface area contributed by atoms with Gasteiger partial charge in [0.25, 0.3) is 11.6 Å². The van der Waals surface area contributed by atoms with Crippen LogP contribution >= 0.6 is 11.8 Å². The summed E-state index contributed by atoms with van der Waals surface area (Å²) >= 11 is 1.20. The molecule has 2 N–H and O–H groups in total. The van der Waals surface area contributed by atoms with E-state index in [1.54, 1.807) is 6.26 Å². The first kappa shape index (κ1) is 18.0. The molecule has 1 aromatic rings. The Morgan fingerprint density at radius 2 is 2.05 bits per heavy atom. The highest BCUT2D eigenvalue weighted by Crippen LogP contribution is 2.28. The summed E-state index contributed by atoms with van der Waals surface area (Å²) < 4.78 is 0. The van der Waals surface area contributed by atoms with Gasteiger partial charge < -0.3 is 10.4 Å². The predicted octanol–water partition coefficient (Wildman–Crippen LogP) is 2.55. The number of nitrogens with zero attached hydrogens (tertiary/aromatic N) is 1. The van der Waals surface area contributed by atoms with Crippen molar-refractivity contribution >= 4 is 29.3 Å². The third kappa shape index (κ3) is 4.73. The number of nitrogens with one attached hydrogen (secondary N) is 1. The van der Waals surface area contributed by atoms with Crippen LogP contribution in [0.3, 0.4) is 0 Å². The van der Waals surface area contributed by atoms with Gasteiger partial charge in [-0.1, -0.05) is 13.8 Å². The average molecular weight is 326 g/mol. The van der Waals surface area contributed by atoms with Crippen molar-refractivity contribution in [3.63, 3.8) is 0 Å². The third-order valence-electron chi connectivity index (χ3n) is 2.95. The molecular formula is C14H18N2O5S. The first-order valence-electron chi connectivity index (χ1n) is 6.62. The molecular weight excluding hydrogens is 308 g/mol. The van der Waals surface area contributed by atoms with Crippen LogP contribution in [0.1, 0.15) is 30.6 Å². The molecule has 0 saturated heterocycles. The van der Waals surface area contributed by atoms with Crippen molar-refractivity contribution in [3.05, 3.63) is 33.9 Å². The summed E-state index contributed by atoms with van der Waals surface area (Å²) in [7, 11) is 0. The Labute approximate surface area is 132 Å². The van der Waals surface area contributed by atoms with Gasteiger partial charge in [0.1, 0.15) is 6.04 Å². The summed E-state index contributed by atoms with van der Waals surface area (Å²) in [5.74, 6) is -1.67. The van der Waals surface area contributed by atoms with Gasteiger partial charge in [0, 0.05) is 11.6 Å². The Bertz CT molecular complexity index is 589. The summed E-state index contributed by atoms with van der Waals surface area (Å²) in [4.78, 5) is 34.1. The minimum atomic E-state index is -1.13. The second-order valence-corrected chi connectivity index (χ2v) is 5.99. The largest absolute Gasteiger partial charge is 0.480 e. The van der Waals surface area contributed by atoms with Gasteiger partial charge in [-0.15, -0.1) is 11.8 Å². The number of carbonyl (C=O) groups excluding carboxylic acids is 1. The van der Waals surface area contributed by atoms with Crippen molar-refractivity contribution < 1.29 is 19.6 Å². The summed E-state index contributed by atoms with van der Waals surface area (Å²) in [5, 5.41) is 22.5. The predicted molar refractivity (Wildman–Crippen MR) is 83.2 cm³/mol. The molecule has 0 aliphatic rings. The van der Waals surface area contributed by atoms with Gasteiger partial charge in [-0.2, -0.15) is 0 Å². The molecule has 1 aromatic carbocycles. The molecule has 22 heavy (non-hydrogen) atoms. The molecule has 1 unspecified atom stereocenters. The van der Waals surface area contributed by atoms with E-state index in [1.807, 2.05) is 13.8 Å². The van der Waals surface area contributed by atoms with Crippen LogP contribution in [-0.2, 0) is 4.79 Å². The molecule has 0 fully saturated rings. The molecule has 120 valence electrons. The second-order valence-electron chi connectivity index (χ2n) is 5.14. The van der Waals surface area contributed by atoms with Crippen LogP contribution < -0.4 is 5.32 Å². The molecule has 0 heterocycles. The first-order chi connectivity index (χ1) is 10.3. The van der Waals surface area contributed by atoms with Gasteiger partial charge in [0.05, 0.1) is 9.82 Å². The number of aliphatic carboxylic acids is 1. The fourth-order valence-corrected chi connectivity index (χ4v) is 2.46. The zero-order valence-corrected chi connectivity index (χ0v) is 13.3. The van der Waals surface area contributed by atoms with Crippen LogP contribution in [-0.4, -0.2) is 34.2 Å². The van der Waals surface area contributed by atoms with Crippen LogP contribution in [0, 0.1) is 16.0 Å². The Kier molecular flexibility index (Phi) is 6.36. The molecule has 0 aliphatic heterocycles. The van der Waals surface area contributed by atoms with Crippen molar-refractivity contribution in [2.24, 2.45) is 5.92 Å². The van der Waals surface area contributed by atoms with Crippen molar-refractivity contribution in [1.29, 1.82) is 0 Å². The average Bonchev–Trinajstić information content (AvgIpc) is 2.44. The fourth-order valence-electron chi connectivity index (χ4n) is 1.91. The number of hydrogen-bond acceptors (Lipinski definition) is 5. The zero-order valence-electron chi connectivity index (χ0n) is 12.5. The van der Waals surface area contributed by atoms with Gasteiger partial charge in [-0.3, -0.25) is 14.9 Å². The van der Waals surface area contributed by atoms with Crippen molar-refractivity contribution in [2.45, 2.75) is 31.2 Å². The molecule has 0 radical (unpaired) electrons. The van der Waals surface area contributed by atoms with E-state index in [0.717, 1.165) is 6.07 Å². The third-order valence-corrected chi connectivity index (χ3v) is 3.73. The molecule has 7 nitrogen and oxygen atoms in total. The smallest absolute Gasteiger partial charge is 0.326 e. The molecule has 1 amide bonds. The Balaban J connectivity index is 3.00. The van der Waals surface area contributed by atoms with Crippen LogP contribution in [0.2, 0.25) is 0 Å². The molecule has 8 heteroatoms. The highest BCUT2D eigenvalue weighted by molar-refractivity contribution is 7.98. The van der Waals surface area contributed by atoms with Gasteiger partial charge in [-0.05, 0) is 30.7 Å². The maximum Gasteiger partial charge on any atom is 0.326 e. The van der Waals surface area contributed by atoms with E-state index in [1.165, 1.54) is 23.9 Å². The van der Waals surface area contributed by atoms with E-state index in [2.05, 4.69) is 5.32 Å². The van der Waals surface area contributed by atoms with Gasteiger partial charge >= 0.3 is 5.97 Å². The quantitative estimate of drug-likeness (QED) is 0.453. The van der Waals surface area contributed by atoms with Crippen LogP contribution in [0.15, 0.2) is 23.1 Å². The number of carbonyl (C=O) groups is 2. The zero-order chi connectivity index (χ0) is 16.9. The van der Waals surface area contributed by atoms with E-state index >= 15 is 0 Å². The molecule has 0 aliphatic carbocycles. The summed E-state index contributed by atoms with van der Waals surface area (Å²) in [6.07, 6.45) is 1.98. The standard InChI is InChI=1S/C14H18N2O5S/c1-8(2)6-10(14(18)19)15-13(17)9-4-5-12(22-3)11(7-9)16(20)21/h4-5,7-8,10H,6H2,1-3H3,(H,15,17)(H,18,19). The Hall–Kier alpha value is -2.09. The van der Waals surface area contributed by atoms with E-state index in [9.17, 15) is 19.7 Å². The summed E-state index contributed by atoms with van der Waals surface area (Å²) in [5.41, 5.74) is -0.101. The fraction of sp³-hybridized carbons (Fsp3) is 0.429. The minimum absolute atomic E-state index is 0.0690.